The molecule has 0 aliphatic rings. The van der Waals surface area contributed by atoms with Gasteiger partial charge in [-0.3, -0.25) is 14.4 Å². The maximum Gasteiger partial charge on any atom is 0.251 e. The highest BCUT2D eigenvalue weighted by Gasteiger charge is 2.09. The molecule has 0 aliphatic carbocycles. The number of nitrogens with one attached hydrogen (secondary N) is 3. The highest BCUT2D eigenvalue weighted by atomic mass is 32.2. The van der Waals surface area contributed by atoms with Gasteiger partial charge in [0, 0.05) is 30.1 Å². The van der Waals surface area contributed by atoms with Gasteiger partial charge in [0.1, 0.15) is 5.82 Å². The largest absolute Gasteiger partial charge is 0.326 e. The van der Waals surface area contributed by atoms with E-state index in [1.807, 2.05) is 0 Å². The number of amides is 2. The summed E-state index contributed by atoms with van der Waals surface area (Å²) in [4.78, 5) is 42.4. The van der Waals surface area contributed by atoms with Crippen LogP contribution in [0.25, 0.3) is 0 Å². The molecular formula is C21H19FN4O3S. The number of carbonyl (C=O) groups excluding carboxylic acids is 2. The molecule has 0 spiro atoms. The van der Waals surface area contributed by atoms with Gasteiger partial charge in [-0.2, -0.15) is 0 Å². The summed E-state index contributed by atoms with van der Waals surface area (Å²) >= 11 is 1.29. The summed E-state index contributed by atoms with van der Waals surface area (Å²) in [5.74, 6) is -0.375. The molecule has 7 nitrogen and oxygen atoms in total. The number of nitrogens with zero attached hydrogens (tertiary/aromatic N) is 1. The van der Waals surface area contributed by atoms with E-state index < -0.39 is 0 Å². The van der Waals surface area contributed by atoms with Crippen molar-refractivity contribution in [2.75, 3.05) is 10.6 Å². The number of halogens is 1. The van der Waals surface area contributed by atoms with Crippen LogP contribution in [0.15, 0.2) is 64.5 Å². The quantitative estimate of drug-likeness (QED) is 0.397. The van der Waals surface area contributed by atoms with Gasteiger partial charge in [0.15, 0.2) is 5.16 Å². The predicted molar refractivity (Wildman–Crippen MR) is 114 cm³/mol. The number of anilines is 2. The van der Waals surface area contributed by atoms with Crippen LogP contribution in [0.5, 0.6) is 0 Å². The van der Waals surface area contributed by atoms with Crippen LogP contribution in [-0.2, 0) is 21.8 Å². The van der Waals surface area contributed by atoms with Crippen molar-refractivity contribution in [1.29, 1.82) is 0 Å². The number of thioether (sulfide) groups is 1. The molecule has 9 heteroatoms. The summed E-state index contributed by atoms with van der Waals surface area (Å²) in [5.41, 5.74) is 1.93. The third-order valence-electron chi connectivity index (χ3n) is 3.87. The average Bonchev–Trinajstić information content (AvgIpc) is 2.67. The summed E-state index contributed by atoms with van der Waals surface area (Å²) < 4.78 is 13.0. The molecular weight excluding hydrogens is 407 g/mol. The van der Waals surface area contributed by atoms with Crippen molar-refractivity contribution in [3.8, 4) is 0 Å². The fourth-order valence-corrected chi connectivity index (χ4v) is 3.47. The molecule has 0 saturated carbocycles. The van der Waals surface area contributed by atoms with Crippen molar-refractivity contribution in [3.63, 3.8) is 0 Å². The Hall–Kier alpha value is -3.46. The van der Waals surface area contributed by atoms with E-state index in [-0.39, 0.29) is 29.6 Å². The Balaban J connectivity index is 1.63. The van der Waals surface area contributed by atoms with Gasteiger partial charge in [-0.25, -0.2) is 9.37 Å². The number of aromatic amines is 1. The van der Waals surface area contributed by atoms with Gasteiger partial charge in [-0.05, 0) is 35.9 Å². The van der Waals surface area contributed by atoms with Crippen LogP contribution in [0.2, 0.25) is 0 Å². The number of hydrogen-bond acceptors (Lipinski definition) is 5. The van der Waals surface area contributed by atoms with Crippen LogP contribution in [0.4, 0.5) is 15.8 Å². The third kappa shape index (κ3) is 6.56. The first-order chi connectivity index (χ1) is 14.4. The zero-order valence-electron chi connectivity index (χ0n) is 16.1. The molecule has 2 amide bonds. The Bertz CT molecular complexity index is 1120. The van der Waals surface area contributed by atoms with Crippen molar-refractivity contribution >= 4 is 35.0 Å². The molecule has 3 N–H and O–H groups in total. The lowest BCUT2D eigenvalue weighted by Gasteiger charge is -2.08. The van der Waals surface area contributed by atoms with Crippen molar-refractivity contribution < 1.29 is 14.0 Å². The van der Waals surface area contributed by atoms with E-state index in [2.05, 4.69) is 20.6 Å². The number of rotatable bonds is 7. The van der Waals surface area contributed by atoms with E-state index in [0.29, 0.717) is 28.0 Å². The first-order valence-corrected chi connectivity index (χ1v) is 10.0. The minimum Gasteiger partial charge on any atom is -0.326 e. The first kappa shape index (κ1) is 21.3. The molecule has 0 unspecified atom stereocenters. The fourth-order valence-electron chi connectivity index (χ4n) is 2.62. The van der Waals surface area contributed by atoms with E-state index in [1.165, 1.54) is 36.9 Å². The summed E-state index contributed by atoms with van der Waals surface area (Å²) in [5, 5.41) is 5.74. The monoisotopic (exact) mass is 426 g/mol. The Morgan fingerprint density at radius 2 is 1.77 bits per heavy atom. The lowest BCUT2D eigenvalue weighted by Crippen LogP contribution is -2.18. The predicted octanol–water partition coefficient (Wildman–Crippen LogP) is 3.34. The van der Waals surface area contributed by atoms with Crippen LogP contribution in [0.1, 0.15) is 18.2 Å². The van der Waals surface area contributed by atoms with Crippen LogP contribution in [0, 0.1) is 5.82 Å². The van der Waals surface area contributed by atoms with Gasteiger partial charge in [0.25, 0.3) is 5.56 Å². The maximum atomic E-state index is 13.0. The van der Waals surface area contributed by atoms with Gasteiger partial charge in [-0.15, -0.1) is 0 Å². The van der Waals surface area contributed by atoms with E-state index in [4.69, 9.17) is 0 Å². The van der Waals surface area contributed by atoms with Gasteiger partial charge in [0.05, 0.1) is 12.1 Å². The van der Waals surface area contributed by atoms with Crippen LogP contribution in [0.3, 0.4) is 0 Å². The second-order valence-corrected chi connectivity index (χ2v) is 7.41. The number of carbonyl (C=O) groups is 2. The molecule has 154 valence electrons. The molecule has 0 radical (unpaired) electrons. The number of aromatic nitrogens is 2. The molecule has 30 heavy (non-hydrogen) atoms. The Kier molecular flexibility index (Phi) is 6.97. The van der Waals surface area contributed by atoms with Gasteiger partial charge >= 0.3 is 0 Å². The molecule has 1 heterocycles. The van der Waals surface area contributed by atoms with Crippen LogP contribution in [-0.4, -0.2) is 21.8 Å². The molecule has 1 aromatic heterocycles. The molecule has 0 saturated heterocycles. The van der Waals surface area contributed by atoms with Gasteiger partial charge < -0.3 is 15.6 Å². The minimum atomic E-state index is -0.359. The number of H-pyrrole nitrogens is 1. The average molecular weight is 426 g/mol. The Labute approximate surface area is 176 Å². The zero-order chi connectivity index (χ0) is 21.5. The fraction of sp³-hybridized carbons (Fsp3) is 0.143. The molecule has 3 aromatic rings. The minimum absolute atomic E-state index is 0.0849. The smallest absolute Gasteiger partial charge is 0.251 e. The first-order valence-electron chi connectivity index (χ1n) is 9.02. The highest BCUT2D eigenvalue weighted by Crippen LogP contribution is 2.19. The van der Waals surface area contributed by atoms with E-state index in [0.717, 1.165) is 5.56 Å². The van der Waals surface area contributed by atoms with Crippen LogP contribution >= 0.6 is 11.8 Å². The second kappa shape index (κ2) is 9.84. The molecule has 0 atom stereocenters. The highest BCUT2D eigenvalue weighted by molar-refractivity contribution is 7.98. The summed E-state index contributed by atoms with van der Waals surface area (Å²) in [6.07, 6.45) is -0.0849. The topological polar surface area (TPSA) is 104 Å². The summed E-state index contributed by atoms with van der Waals surface area (Å²) in [6.45, 7) is 1.40. The van der Waals surface area contributed by atoms with Crippen molar-refractivity contribution in [1.82, 2.24) is 9.97 Å². The van der Waals surface area contributed by atoms with Crippen molar-refractivity contribution in [3.05, 3.63) is 82.0 Å². The number of benzene rings is 2. The lowest BCUT2D eigenvalue weighted by atomic mass is 10.2. The second-order valence-electron chi connectivity index (χ2n) is 6.44. The number of hydrogen-bond donors (Lipinski definition) is 3. The Morgan fingerprint density at radius 1 is 1.07 bits per heavy atom. The SMILES string of the molecule is CC(=O)Nc1cccc(NC(=O)Cc2cc(=O)[nH]c(SCc3ccc(F)cc3)n2)c1. The Morgan fingerprint density at radius 3 is 2.47 bits per heavy atom. The molecule has 2 aromatic carbocycles. The maximum absolute atomic E-state index is 13.0. The lowest BCUT2D eigenvalue weighted by molar-refractivity contribution is -0.116. The van der Waals surface area contributed by atoms with E-state index in [9.17, 15) is 18.8 Å². The normalized spacial score (nSPS) is 10.5. The molecule has 0 bridgehead atoms. The van der Waals surface area contributed by atoms with E-state index >= 15 is 0 Å². The van der Waals surface area contributed by atoms with Gasteiger partial charge in [0.2, 0.25) is 11.8 Å². The zero-order valence-corrected chi connectivity index (χ0v) is 16.9. The van der Waals surface area contributed by atoms with Gasteiger partial charge in [-0.1, -0.05) is 30.0 Å². The standard InChI is InChI=1S/C21H19FN4O3S/c1-13(27)23-16-3-2-4-17(9-16)24-19(28)10-18-11-20(29)26-21(25-18)30-12-14-5-7-15(22)8-6-14/h2-9,11H,10,12H2,1H3,(H,23,27)(H,24,28)(H,25,26,29). The van der Waals surface area contributed by atoms with Crippen molar-refractivity contribution in [2.45, 2.75) is 24.3 Å². The van der Waals surface area contributed by atoms with Crippen molar-refractivity contribution in [2.24, 2.45) is 0 Å². The molecule has 0 aliphatic heterocycles. The van der Waals surface area contributed by atoms with Crippen LogP contribution < -0.4 is 16.2 Å². The summed E-state index contributed by atoms with van der Waals surface area (Å²) in [7, 11) is 0. The summed E-state index contributed by atoms with van der Waals surface area (Å²) in [6, 6.07) is 14.1. The third-order valence-corrected chi connectivity index (χ3v) is 4.81. The van der Waals surface area contributed by atoms with E-state index in [1.54, 1.807) is 36.4 Å². The molecule has 0 fully saturated rings. The molecule has 3 rings (SSSR count).